The van der Waals surface area contributed by atoms with Gasteiger partial charge in [-0.1, -0.05) is 23.2 Å². The third-order valence-corrected chi connectivity index (χ3v) is 2.23. The molecule has 1 aromatic rings. The Morgan fingerprint density at radius 3 is 2.69 bits per heavy atom. The Bertz CT molecular complexity index is 289. The molecule has 1 rings (SSSR count). The summed E-state index contributed by atoms with van der Waals surface area (Å²) in [7, 11) is 0. The van der Waals surface area contributed by atoms with Crippen LogP contribution >= 0.6 is 23.2 Å². The standard InChI is InChI=1S/C9H12Cl2N2/c1-6(5-12)13-9-3-2-7(10)4-8(9)11/h2-4,6,13H,5,12H2,1H3. The van der Waals surface area contributed by atoms with Gasteiger partial charge in [-0.15, -0.1) is 0 Å². The van der Waals surface area contributed by atoms with Crippen molar-refractivity contribution in [2.75, 3.05) is 11.9 Å². The molecule has 13 heavy (non-hydrogen) atoms. The molecule has 0 aliphatic heterocycles. The zero-order valence-electron chi connectivity index (χ0n) is 7.35. The second-order valence-electron chi connectivity index (χ2n) is 2.91. The lowest BCUT2D eigenvalue weighted by Gasteiger charge is -2.13. The summed E-state index contributed by atoms with van der Waals surface area (Å²) in [6.07, 6.45) is 0. The van der Waals surface area contributed by atoms with Gasteiger partial charge in [-0.05, 0) is 25.1 Å². The molecular weight excluding hydrogens is 207 g/mol. The summed E-state index contributed by atoms with van der Waals surface area (Å²) < 4.78 is 0. The monoisotopic (exact) mass is 218 g/mol. The molecule has 4 heteroatoms. The van der Waals surface area contributed by atoms with Crippen LogP contribution in [0.1, 0.15) is 6.92 Å². The summed E-state index contributed by atoms with van der Waals surface area (Å²) in [6, 6.07) is 5.54. The van der Waals surface area contributed by atoms with Gasteiger partial charge in [-0.3, -0.25) is 0 Å². The largest absolute Gasteiger partial charge is 0.380 e. The topological polar surface area (TPSA) is 38.0 Å². The normalized spacial score (nSPS) is 12.6. The Hall–Kier alpha value is -0.440. The molecule has 0 radical (unpaired) electrons. The molecule has 0 spiro atoms. The lowest BCUT2D eigenvalue weighted by atomic mass is 10.2. The number of hydrogen-bond donors (Lipinski definition) is 2. The van der Waals surface area contributed by atoms with Crippen LogP contribution in [0.25, 0.3) is 0 Å². The van der Waals surface area contributed by atoms with Gasteiger partial charge in [0, 0.05) is 17.6 Å². The maximum atomic E-state index is 5.94. The SMILES string of the molecule is CC(CN)Nc1ccc(Cl)cc1Cl. The lowest BCUT2D eigenvalue weighted by molar-refractivity contribution is 0.804. The van der Waals surface area contributed by atoms with E-state index in [0.717, 1.165) is 5.69 Å². The van der Waals surface area contributed by atoms with Gasteiger partial charge in [0.15, 0.2) is 0 Å². The van der Waals surface area contributed by atoms with Crippen molar-refractivity contribution in [1.29, 1.82) is 0 Å². The lowest BCUT2D eigenvalue weighted by Crippen LogP contribution is -2.25. The van der Waals surface area contributed by atoms with Gasteiger partial charge < -0.3 is 11.1 Å². The molecule has 0 aliphatic rings. The average molecular weight is 219 g/mol. The predicted octanol–water partition coefficient (Wildman–Crippen LogP) is 2.75. The van der Waals surface area contributed by atoms with E-state index >= 15 is 0 Å². The molecule has 1 atom stereocenters. The first-order valence-corrected chi connectivity index (χ1v) is 4.80. The van der Waals surface area contributed by atoms with E-state index in [1.165, 1.54) is 0 Å². The van der Waals surface area contributed by atoms with Crippen molar-refractivity contribution < 1.29 is 0 Å². The first-order valence-electron chi connectivity index (χ1n) is 4.05. The van der Waals surface area contributed by atoms with Gasteiger partial charge in [-0.2, -0.15) is 0 Å². The fraction of sp³-hybridized carbons (Fsp3) is 0.333. The van der Waals surface area contributed by atoms with Crippen LogP contribution in [-0.4, -0.2) is 12.6 Å². The van der Waals surface area contributed by atoms with Gasteiger partial charge >= 0.3 is 0 Å². The Kier molecular flexibility index (Phi) is 3.85. The van der Waals surface area contributed by atoms with Gasteiger partial charge in [-0.25, -0.2) is 0 Å². The highest BCUT2D eigenvalue weighted by molar-refractivity contribution is 6.36. The van der Waals surface area contributed by atoms with E-state index in [1.807, 2.05) is 13.0 Å². The van der Waals surface area contributed by atoms with Crippen molar-refractivity contribution in [3.63, 3.8) is 0 Å². The van der Waals surface area contributed by atoms with Gasteiger partial charge in [0.25, 0.3) is 0 Å². The van der Waals surface area contributed by atoms with Crippen molar-refractivity contribution in [1.82, 2.24) is 0 Å². The molecule has 1 aromatic carbocycles. The maximum absolute atomic E-state index is 5.94. The first kappa shape index (κ1) is 10.6. The van der Waals surface area contributed by atoms with Crippen LogP contribution < -0.4 is 11.1 Å². The summed E-state index contributed by atoms with van der Waals surface area (Å²) >= 11 is 11.7. The zero-order chi connectivity index (χ0) is 9.84. The maximum Gasteiger partial charge on any atom is 0.0652 e. The summed E-state index contributed by atoms with van der Waals surface area (Å²) in [5, 5.41) is 4.42. The number of hydrogen-bond acceptors (Lipinski definition) is 2. The molecule has 0 amide bonds. The molecule has 72 valence electrons. The van der Waals surface area contributed by atoms with Crippen LogP contribution in [0.4, 0.5) is 5.69 Å². The Morgan fingerprint density at radius 1 is 1.46 bits per heavy atom. The zero-order valence-corrected chi connectivity index (χ0v) is 8.86. The smallest absolute Gasteiger partial charge is 0.0652 e. The highest BCUT2D eigenvalue weighted by Gasteiger charge is 2.03. The van der Waals surface area contributed by atoms with E-state index in [0.29, 0.717) is 16.6 Å². The van der Waals surface area contributed by atoms with Crippen LogP contribution in [0, 0.1) is 0 Å². The number of nitrogens with two attached hydrogens (primary N) is 1. The minimum atomic E-state index is 0.207. The van der Waals surface area contributed by atoms with Crippen molar-refractivity contribution in [3.8, 4) is 0 Å². The van der Waals surface area contributed by atoms with E-state index in [9.17, 15) is 0 Å². The number of rotatable bonds is 3. The van der Waals surface area contributed by atoms with Crippen LogP contribution in [0.2, 0.25) is 10.0 Å². The molecule has 0 aromatic heterocycles. The molecule has 0 bridgehead atoms. The van der Waals surface area contributed by atoms with Crippen molar-refractivity contribution in [2.24, 2.45) is 5.73 Å². The van der Waals surface area contributed by atoms with E-state index in [1.54, 1.807) is 12.1 Å². The molecular formula is C9H12Cl2N2. The predicted molar refractivity (Wildman–Crippen MR) is 58.6 cm³/mol. The van der Waals surface area contributed by atoms with Crippen molar-refractivity contribution >= 4 is 28.9 Å². The highest BCUT2D eigenvalue weighted by atomic mass is 35.5. The minimum Gasteiger partial charge on any atom is -0.380 e. The van der Waals surface area contributed by atoms with Gasteiger partial charge in [0.1, 0.15) is 0 Å². The molecule has 0 saturated heterocycles. The van der Waals surface area contributed by atoms with Crippen molar-refractivity contribution in [3.05, 3.63) is 28.2 Å². The minimum absolute atomic E-state index is 0.207. The molecule has 0 heterocycles. The molecule has 0 saturated carbocycles. The van der Waals surface area contributed by atoms with Crippen LogP contribution in [-0.2, 0) is 0 Å². The van der Waals surface area contributed by atoms with Gasteiger partial charge in [0.2, 0.25) is 0 Å². The fourth-order valence-corrected chi connectivity index (χ4v) is 1.39. The summed E-state index contributed by atoms with van der Waals surface area (Å²) in [6.45, 7) is 2.56. The molecule has 1 unspecified atom stereocenters. The summed E-state index contributed by atoms with van der Waals surface area (Å²) in [5.74, 6) is 0. The number of halogens is 2. The Morgan fingerprint density at radius 2 is 2.15 bits per heavy atom. The highest BCUT2D eigenvalue weighted by Crippen LogP contribution is 2.25. The quantitative estimate of drug-likeness (QED) is 0.820. The number of anilines is 1. The molecule has 2 nitrogen and oxygen atoms in total. The first-order chi connectivity index (χ1) is 6.13. The fourth-order valence-electron chi connectivity index (χ4n) is 0.931. The summed E-state index contributed by atoms with van der Waals surface area (Å²) in [5.41, 5.74) is 6.33. The third kappa shape index (κ3) is 3.07. The second-order valence-corrected chi connectivity index (χ2v) is 3.75. The van der Waals surface area contributed by atoms with E-state index < -0.39 is 0 Å². The number of nitrogens with one attached hydrogen (secondary N) is 1. The van der Waals surface area contributed by atoms with Crippen LogP contribution in [0.3, 0.4) is 0 Å². The molecule has 0 fully saturated rings. The average Bonchev–Trinajstić information content (AvgIpc) is 2.09. The second kappa shape index (κ2) is 4.70. The van der Waals surface area contributed by atoms with Gasteiger partial charge in [0.05, 0.1) is 10.7 Å². The molecule has 3 N–H and O–H groups in total. The third-order valence-electron chi connectivity index (χ3n) is 1.69. The van der Waals surface area contributed by atoms with Crippen molar-refractivity contribution in [2.45, 2.75) is 13.0 Å². The van der Waals surface area contributed by atoms with Crippen LogP contribution in [0.5, 0.6) is 0 Å². The van der Waals surface area contributed by atoms with Crippen LogP contribution in [0.15, 0.2) is 18.2 Å². The number of benzene rings is 1. The van der Waals surface area contributed by atoms with E-state index in [4.69, 9.17) is 28.9 Å². The Balaban J connectivity index is 2.77. The summed E-state index contributed by atoms with van der Waals surface area (Å²) in [4.78, 5) is 0. The molecule has 0 aliphatic carbocycles. The van der Waals surface area contributed by atoms with E-state index in [-0.39, 0.29) is 6.04 Å². The Labute approximate surface area is 88.0 Å². The van der Waals surface area contributed by atoms with E-state index in [2.05, 4.69) is 5.32 Å².